The number of carboxylic acid groups (broad SMARTS) is 1. The molecular weight excluding hydrogens is 367 g/mol. The summed E-state index contributed by atoms with van der Waals surface area (Å²) in [6.07, 6.45) is -2.67. The number of rotatable bonds is 6. The van der Waals surface area contributed by atoms with Gasteiger partial charge in [-0.3, -0.25) is 4.79 Å². The third-order valence-electron chi connectivity index (χ3n) is 3.69. The minimum Gasteiger partial charge on any atom is -0.484 e. The van der Waals surface area contributed by atoms with Gasteiger partial charge in [0.2, 0.25) is 5.91 Å². The predicted molar refractivity (Wildman–Crippen MR) is 90.1 cm³/mol. The summed E-state index contributed by atoms with van der Waals surface area (Å²) in [5.74, 6) is -1.61. The van der Waals surface area contributed by atoms with Gasteiger partial charge in [-0.1, -0.05) is 12.1 Å². The van der Waals surface area contributed by atoms with E-state index in [1.54, 1.807) is 24.0 Å². The minimum absolute atomic E-state index is 0.0449. The van der Waals surface area contributed by atoms with Crippen LogP contribution >= 0.6 is 0 Å². The van der Waals surface area contributed by atoms with Crippen molar-refractivity contribution in [3.63, 3.8) is 0 Å². The van der Waals surface area contributed by atoms with Crippen LogP contribution in [-0.2, 0) is 9.59 Å². The van der Waals surface area contributed by atoms with Crippen LogP contribution in [-0.4, -0.2) is 46.7 Å². The Morgan fingerprint density at radius 3 is 2.70 bits per heavy atom. The molecule has 146 valence electrons. The van der Waals surface area contributed by atoms with Crippen LogP contribution in [0.25, 0.3) is 0 Å². The van der Waals surface area contributed by atoms with Crippen molar-refractivity contribution in [2.45, 2.75) is 32.4 Å². The molecule has 0 aromatic heterocycles. The predicted octanol–water partition coefficient (Wildman–Crippen LogP) is 2.46. The molecule has 0 saturated carbocycles. The number of alkyl halides is 3. The molecule has 1 aromatic carbocycles. The quantitative estimate of drug-likeness (QED) is 0.785. The van der Waals surface area contributed by atoms with Gasteiger partial charge in [0.05, 0.1) is 6.04 Å². The lowest BCUT2D eigenvalue weighted by Crippen LogP contribution is -2.47. The first-order valence-electron chi connectivity index (χ1n) is 7.90. The first kappa shape index (κ1) is 20.3. The number of halogens is 3. The number of nitrogens with zero attached hydrogens (tertiary/aromatic N) is 2. The van der Waals surface area contributed by atoms with Gasteiger partial charge in [-0.15, -0.1) is 0 Å². The smallest absolute Gasteiger partial charge is 0.422 e. The number of aliphatic imine (C=N–C) groups is 1. The Bertz CT molecular complexity index is 777. The molecule has 1 aliphatic heterocycles. The molecule has 0 spiro atoms. The first-order valence-corrected chi connectivity index (χ1v) is 7.90. The molecule has 1 heterocycles. The highest BCUT2D eigenvalue weighted by Crippen LogP contribution is 2.28. The van der Waals surface area contributed by atoms with Gasteiger partial charge in [-0.05, 0) is 30.7 Å². The zero-order valence-electron chi connectivity index (χ0n) is 14.5. The Balaban J connectivity index is 2.22. The molecular formula is C17H18F3N3O4. The largest absolute Gasteiger partial charge is 0.484 e. The second kappa shape index (κ2) is 8.11. The van der Waals surface area contributed by atoms with Crippen LogP contribution in [0.2, 0.25) is 0 Å². The van der Waals surface area contributed by atoms with Crippen molar-refractivity contribution < 1.29 is 32.6 Å². The number of hydrogen-bond acceptors (Lipinski definition) is 5. The van der Waals surface area contributed by atoms with Gasteiger partial charge in [-0.25, -0.2) is 9.79 Å². The van der Waals surface area contributed by atoms with E-state index in [2.05, 4.69) is 10.3 Å². The number of benzene rings is 1. The maximum Gasteiger partial charge on any atom is 0.422 e. The SMILES string of the molecule is CC(=O)NC1N=C(C(=O)O)C=CN1C(C)c1cccc(OCC(F)(F)F)c1. The molecule has 27 heavy (non-hydrogen) atoms. The van der Waals surface area contributed by atoms with Gasteiger partial charge in [-0.2, -0.15) is 13.2 Å². The molecule has 0 fully saturated rings. The van der Waals surface area contributed by atoms with Crippen molar-refractivity contribution in [2.24, 2.45) is 4.99 Å². The van der Waals surface area contributed by atoms with Crippen LogP contribution in [0, 0.1) is 0 Å². The topological polar surface area (TPSA) is 91.2 Å². The molecule has 1 aliphatic rings. The van der Waals surface area contributed by atoms with Gasteiger partial charge in [0.15, 0.2) is 12.9 Å². The minimum atomic E-state index is -4.45. The molecule has 2 rings (SSSR count). The highest BCUT2D eigenvalue weighted by molar-refractivity contribution is 6.40. The average molecular weight is 385 g/mol. The van der Waals surface area contributed by atoms with Crippen molar-refractivity contribution >= 4 is 17.6 Å². The first-order chi connectivity index (χ1) is 12.6. The Labute approximate surface area is 153 Å². The molecule has 0 bridgehead atoms. The third-order valence-corrected chi connectivity index (χ3v) is 3.69. The third kappa shape index (κ3) is 5.73. The number of carboxylic acids is 1. The van der Waals surface area contributed by atoms with Gasteiger partial charge in [0.1, 0.15) is 11.5 Å². The molecule has 1 aromatic rings. The number of carbonyl (C=O) groups excluding carboxylic acids is 1. The van der Waals surface area contributed by atoms with Gasteiger partial charge >= 0.3 is 12.1 Å². The normalized spacial score (nSPS) is 17.9. The highest BCUT2D eigenvalue weighted by atomic mass is 19.4. The van der Waals surface area contributed by atoms with Crippen molar-refractivity contribution in [3.05, 3.63) is 42.1 Å². The fourth-order valence-corrected chi connectivity index (χ4v) is 2.44. The molecule has 10 heteroatoms. The number of aliphatic carboxylic acids is 1. The monoisotopic (exact) mass is 385 g/mol. The fourth-order valence-electron chi connectivity index (χ4n) is 2.44. The Morgan fingerprint density at radius 2 is 2.11 bits per heavy atom. The van der Waals surface area contributed by atoms with E-state index in [4.69, 9.17) is 9.84 Å². The zero-order chi connectivity index (χ0) is 20.2. The van der Waals surface area contributed by atoms with Crippen molar-refractivity contribution in [3.8, 4) is 5.75 Å². The van der Waals surface area contributed by atoms with Gasteiger partial charge < -0.3 is 20.1 Å². The second-order valence-corrected chi connectivity index (χ2v) is 5.81. The Kier molecular flexibility index (Phi) is 6.09. The summed E-state index contributed by atoms with van der Waals surface area (Å²) in [7, 11) is 0. The summed E-state index contributed by atoms with van der Waals surface area (Å²) in [6, 6.07) is 5.64. The van der Waals surface area contributed by atoms with Crippen LogP contribution < -0.4 is 10.1 Å². The number of hydrogen-bond donors (Lipinski definition) is 2. The number of amides is 1. The van der Waals surface area contributed by atoms with E-state index >= 15 is 0 Å². The molecule has 2 unspecified atom stereocenters. The lowest BCUT2D eigenvalue weighted by atomic mass is 10.1. The van der Waals surface area contributed by atoms with E-state index in [0.717, 1.165) is 0 Å². The maximum absolute atomic E-state index is 12.3. The van der Waals surface area contributed by atoms with Gasteiger partial charge in [0, 0.05) is 13.1 Å². The lowest BCUT2D eigenvalue weighted by molar-refractivity contribution is -0.153. The zero-order valence-corrected chi connectivity index (χ0v) is 14.5. The van der Waals surface area contributed by atoms with Crippen LogP contribution in [0.15, 0.2) is 41.5 Å². The number of ether oxygens (including phenoxy) is 1. The molecule has 0 radical (unpaired) electrons. The van der Waals surface area contributed by atoms with Crippen LogP contribution in [0.4, 0.5) is 13.2 Å². The molecule has 0 aliphatic carbocycles. The van der Waals surface area contributed by atoms with Crippen LogP contribution in [0.3, 0.4) is 0 Å². The summed E-state index contributed by atoms with van der Waals surface area (Å²) in [4.78, 5) is 28.1. The summed E-state index contributed by atoms with van der Waals surface area (Å²) in [6.45, 7) is 1.60. The maximum atomic E-state index is 12.3. The summed E-state index contributed by atoms with van der Waals surface area (Å²) >= 11 is 0. The van der Waals surface area contributed by atoms with Crippen molar-refractivity contribution in [2.75, 3.05) is 6.61 Å². The summed E-state index contributed by atoms with van der Waals surface area (Å²) in [5.41, 5.74) is 0.378. The molecule has 2 atom stereocenters. The molecule has 1 amide bonds. The van der Waals surface area contributed by atoms with E-state index in [0.29, 0.717) is 5.56 Å². The van der Waals surface area contributed by atoms with E-state index in [-0.39, 0.29) is 11.5 Å². The molecule has 0 saturated heterocycles. The number of nitrogens with one attached hydrogen (secondary N) is 1. The van der Waals surface area contributed by atoms with Crippen molar-refractivity contribution in [1.29, 1.82) is 0 Å². The van der Waals surface area contributed by atoms with E-state index in [1.165, 1.54) is 31.3 Å². The van der Waals surface area contributed by atoms with E-state index in [1.807, 2.05) is 0 Å². The van der Waals surface area contributed by atoms with E-state index < -0.39 is 37.0 Å². The van der Waals surface area contributed by atoms with E-state index in [9.17, 15) is 22.8 Å². The van der Waals surface area contributed by atoms with Crippen LogP contribution in [0.5, 0.6) is 5.75 Å². The standard InChI is InChI=1S/C17H18F3N3O4/c1-10(12-4-3-5-13(8-12)27-9-17(18,19)20)23-7-6-14(15(25)26)22-16(23)21-11(2)24/h3-8,10,16H,9H2,1-2H3,(H,21,24)(H,25,26). The van der Waals surface area contributed by atoms with Crippen molar-refractivity contribution in [1.82, 2.24) is 10.2 Å². The fraction of sp³-hybridized carbons (Fsp3) is 0.353. The average Bonchev–Trinajstić information content (AvgIpc) is 2.58. The number of carbonyl (C=O) groups is 2. The van der Waals surface area contributed by atoms with Crippen LogP contribution in [0.1, 0.15) is 25.5 Å². The highest BCUT2D eigenvalue weighted by Gasteiger charge is 2.29. The molecule has 2 N–H and O–H groups in total. The van der Waals surface area contributed by atoms with Gasteiger partial charge in [0.25, 0.3) is 0 Å². The second-order valence-electron chi connectivity index (χ2n) is 5.81. The Morgan fingerprint density at radius 1 is 1.41 bits per heavy atom. The lowest BCUT2D eigenvalue weighted by Gasteiger charge is -2.35. The Hall–Kier alpha value is -3.04. The summed E-state index contributed by atoms with van der Waals surface area (Å²) < 4.78 is 41.7. The summed E-state index contributed by atoms with van der Waals surface area (Å²) in [5, 5.41) is 11.6. The molecule has 7 nitrogen and oxygen atoms in total.